The molecule has 1 rings (SSSR count). The normalized spacial score (nSPS) is 9.00. The van der Waals surface area contributed by atoms with Crippen LogP contribution in [0.5, 0.6) is 0 Å². The molecule has 0 saturated heterocycles. The lowest BCUT2D eigenvalue weighted by atomic mass is 10.7. The van der Waals surface area contributed by atoms with E-state index in [0.29, 0.717) is 5.82 Å². The van der Waals surface area contributed by atoms with Gasteiger partial charge in [0.15, 0.2) is 0 Å². The summed E-state index contributed by atoms with van der Waals surface area (Å²) in [5.74, 6) is 1.27. The first kappa shape index (κ1) is 5.74. The molecule has 0 bridgehead atoms. The molecule has 0 unspecified atom stereocenters. The number of aryl methyl sites for hydroxylation is 1. The Morgan fingerprint density at radius 1 is 1.89 bits per heavy atom. The lowest BCUT2D eigenvalue weighted by Gasteiger charge is -1.84. The number of nitrogens with zero attached hydrogens (tertiary/aromatic N) is 2. The Kier molecular flexibility index (Phi) is 1.44. The van der Waals surface area contributed by atoms with Crippen molar-refractivity contribution in [3.8, 4) is 0 Å². The number of hydrogen-bond donors (Lipinski definition) is 2. The average Bonchev–Trinajstić information content (AvgIpc) is 2.17. The van der Waals surface area contributed by atoms with Crippen molar-refractivity contribution in [3.05, 3.63) is 16.9 Å². The monoisotopic (exact) mass is 126 g/mol. The highest BCUT2D eigenvalue weighted by molar-refractivity contribution is 5.30. The van der Waals surface area contributed by atoms with Crippen molar-refractivity contribution in [1.82, 2.24) is 9.97 Å². The molecule has 1 aromatic heterocycles. The first-order chi connectivity index (χ1) is 4.33. The smallest absolute Gasteiger partial charge is 0.146 e. The maximum Gasteiger partial charge on any atom is 0.146 e. The van der Waals surface area contributed by atoms with Crippen LogP contribution in [0.25, 0.3) is 0 Å². The summed E-state index contributed by atoms with van der Waals surface area (Å²) in [6.07, 6.45) is 1.50. The Balaban J connectivity index is 2.72. The summed E-state index contributed by atoms with van der Waals surface area (Å²) in [5.41, 5.74) is 2.18. The van der Waals surface area contributed by atoms with E-state index in [-0.39, 0.29) is 0 Å². The van der Waals surface area contributed by atoms with Gasteiger partial charge in [-0.05, 0) is 6.92 Å². The number of nitrogens with one attached hydrogen (secondary N) is 2. The van der Waals surface area contributed by atoms with E-state index in [1.165, 1.54) is 6.20 Å². The highest BCUT2D eigenvalue weighted by atomic mass is 16.3. The summed E-state index contributed by atoms with van der Waals surface area (Å²) in [5, 5.41) is 2.45. The number of imidazole rings is 1. The van der Waals surface area contributed by atoms with Gasteiger partial charge in [-0.1, -0.05) is 0 Å². The molecular formula is C4H6N4O. The lowest BCUT2D eigenvalue weighted by Crippen LogP contribution is -1.84. The van der Waals surface area contributed by atoms with Gasteiger partial charge in [0.25, 0.3) is 0 Å². The molecule has 5 heteroatoms. The molecule has 0 aromatic carbocycles. The Hall–Kier alpha value is -1.39. The quantitative estimate of drug-likeness (QED) is 0.455. The van der Waals surface area contributed by atoms with Gasteiger partial charge in [-0.25, -0.2) is 10.4 Å². The van der Waals surface area contributed by atoms with Gasteiger partial charge in [0.1, 0.15) is 11.6 Å². The topological polar surface area (TPSA) is 70.1 Å². The largest absolute Gasteiger partial charge is 0.328 e. The molecule has 0 aliphatic heterocycles. The number of nitroso groups, excluding NO2 is 1. The second-order valence-electron chi connectivity index (χ2n) is 1.59. The minimum absolute atomic E-state index is 0.516. The van der Waals surface area contributed by atoms with E-state index >= 15 is 0 Å². The van der Waals surface area contributed by atoms with E-state index in [2.05, 4.69) is 20.7 Å². The number of hydrogen-bond acceptors (Lipinski definition) is 3. The molecule has 5 nitrogen and oxygen atoms in total. The first-order valence-corrected chi connectivity index (χ1v) is 2.43. The molecule has 0 aliphatic carbocycles. The predicted molar refractivity (Wildman–Crippen MR) is 32.7 cm³/mol. The maximum absolute atomic E-state index is 9.57. The lowest BCUT2D eigenvalue weighted by molar-refractivity contribution is 1.14. The highest BCUT2D eigenvalue weighted by Crippen LogP contribution is 2.00. The minimum Gasteiger partial charge on any atom is -0.328 e. The van der Waals surface area contributed by atoms with Crippen molar-refractivity contribution in [2.24, 2.45) is 5.29 Å². The van der Waals surface area contributed by atoms with E-state index < -0.39 is 0 Å². The van der Waals surface area contributed by atoms with E-state index in [1.807, 2.05) is 0 Å². The van der Waals surface area contributed by atoms with Gasteiger partial charge in [-0.3, -0.25) is 0 Å². The van der Waals surface area contributed by atoms with Gasteiger partial charge < -0.3 is 4.98 Å². The Labute approximate surface area is 51.4 Å². The standard InChI is InChI=1S/C4H6N4O/c1-3-5-2-4(6-3)7-8-9/h2H,1H3,(H,5,6)(H,7,9). The minimum atomic E-state index is 0.516. The Bertz CT molecular complexity index is 206. The molecule has 0 radical (unpaired) electrons. The summed E-state index contributed by atoms with van der Waals surface area (Å²) in [6.45, 7) is 1.79. The van der Waals surface area contributed by atoms with E-state index in [1.54, 1.807) is 6.92 Å². The number of anilines is 1. The fraction of sp³-hybridized carbons (Fsp3) is 0.250. The van der Waals surface area contributed by atoms with E-state index in [4.69, 9.17) is 0 Å². The number of H-pyrrole nitrogens is 1. The van der Waals surface area contributed by atoms with Crippen LogP contribution in [0, 0.1) is 11.8 Å². The zero-order chi connectivity index (χ0) is 6.69. The van der Waals surface area contributed by atoms with Gasteiger partial charge >= 0.3 is 0 Å². The average molecular weight is 126 g/mol. The second-order valence-corrected chi connectivity index (χ2v) is 1.59. The van der Waals surface area contributed by atoms with Crippen molar-refractivity contribution >= 4 is 5.82 Å². The van der Waals surface area contributed by atoms with Crippen molar-refractivity contribution in [1.29, 1.82) is 0 Å². The van der Waals surface area contributed by atoms with E-state index in [0.717, 1.165) is 5.82 Å². The van der Waals surface area contributed by atoms with Crippen molar-refractivity contribution in [2.75, 3.05) is 5.43 Å². The summed E-state index contributed by atoms with van der Waals surface area (Å²) in [6, 6.07) is 0. The van der Waals surface area contributed by atoms with Crippen LogP contribution in [-0.2, 0) is 0 Å². The van der Waals surface area contributed by atoms with E-state index in [9.17, 15) is 4.91 Å². The Morgan fingerprint density at radius 2 is 2.67 bits per heavy atom. The third-order valence-corrected chi connectivity index (χ3v) is 0.869. The van der Waals surface area contributed by atoms with Crippen LogP contribution >= 0.6 is 0 Å². The summed E-state index contributed by atoms with van der Waals surface area (Å²) >= 11 is 0. The molecular weight excluding hydrogens is 120 g/mol. The summed E-state index contributed by atoms with van der Waals surface area (Å²) < 4.78 is 0. The zero-order valence-corrected chi connectivity index (χ0v) is 4.88. The molecule has 1 heterocycles. The predicted octanol–water partition coefficient (Wildman–Crippen LogP) is 0.811. The van der Waals surface area contributed by atoms with Crippen LogP contribution in [-0.4, -0.2) is 9.97 Å². The van der Waals surface area contributed by atoms with Gasteiger partial charge in [0.2, 0.25) is 0 Å². The summed E-state index contributed by atoms with van der Waals surface area (Å²) in [7, 11) is 0. The Morgan fingerprint density at radius 3 is 3.11 bits per heavy atom. The first-order valence-electron chi connectivity index (χ1n) is 2.43. The van der Waals surface area contributed by atoms with Crippen LogP contribution in [0.2, 0.25) is 0 Å². The van der Waals surface area contributed by atoms with Gasteiger partial charge in [-0.15, -0.1) is 4.91 Å². The van der Waals surface area contributed by atoms with Crippen LogP contribution in [0.3, 0.4) is 0 Å². The molecule has 0 atom stereocenters. The van der Waals surface area contributed by atoms with Crippen LogP contribution in [0.15, 0.2) is 11.5 Å². The number of aromatic amines is 1. The SMILES string of the molecule is Cc1ncc(NN=O)[nH]1. The molecule has 0 amide bonds. The molecule has 48 valence electrons. The van der Waals surface area contributed by atoms with Crippen LogP contribution in [0.4, 0.5) is 5.82 Å². The molecule has 0 spiro atoms. The van der Waals surface area contributed by atoms with Crippen LogP contribution in [0.1, 0.15) is 5.82 Å². The highest BCUT2D eigenvalue weighted by Gasteiger charge is 1.91. The third kappa shape index (κ3) is 1.25. The van der Waals surface area contributed by atoms with Crippen molar-refractivity contribution in [3.63, 3.8) is 0 Å². The van der Waals surface area contributed by atoms with Gasteiger partial charge in [-0.2, -0.15) is 0 Å². The molecule has 0 aliphatic rings. The fourth-order valence-electron chi connectivity index (χ4n) is 0.527. The van der Waals surface area contributed by atoms with Gasteiger partial charge in [0, 0.05) is 0 Å². The molecule has 0 fully saturated rings. The zero-order valence-electron chi connectivity index (χ0n) is 4.88. The second kappa shape index (κ2) is 2.25. The fourth-order valence-corrected chi connectivity index (χ4v) is 0.527. The molecule has 2 N–H and O–H groups in total. The third-order valence-electron chi connectivity index (χ3n) is 0.869. The molecule has 9 heavy (non-hydrogen) atoms. The number of rotatable bonds is 2. The number of aromatic nitrogens is 2. The van der Waals surface area contributed by atoms with Crippen molar-refractivity contribution < 1.29 is 0 Å². The van der Waals surface area contributed by atoms with Crippen LogP contribution < -0.4 is 5.43 Å². The van der Waals surface area contributed by atoms with Gasteiger partial charge in [0.05, 0.1) is 11.5 Å². The maximum atomic E-state index is 9.57. The molecule has 0 saturated carbocycles. The van der Waals surface area contributed by atoms with Crippen molar-refractivity contribution in [2.45, 2.75) is 6.92 Å². The summed E-state index contributed by atoms with van der Waals surface area (Å²) in [4.78, 5) is 16.2. The molecule has 1 aromatic rings.